The van der Waals surface area contributed by atoms with Crippen LogP contribution in [0.1, 0.15) is 0 Å². The van der Waals surface area contributed by atoms with Gasteiger partial charge in [-0.1, -0.05) is 146 Å². The predicted octanol–water partition coefficient (Wildman–Crippen LogP) is 12.4. The number of hydrogen-bond donors (Lipinski definition) is 0. The van der Waals surface area contributed by atoms with Crippen molar-refractivity contribution in [2.24, 2.45) is 0 Å². The van der Waals surface area contributed by atoms with Gasteiger partial charge < -0.3 is 0 Å². The molecule has 2 aromatic heterocycles. The van der Waals surface area contributed by atoms with E-state index in [0.29, 0.717) is 17.5 Å². The maximum Gasteiger partial charge on any atom is 0.164 e. The molecule has 0 bridgehead atoms. The molecule has 0 fully saturated rings. The van der Waals surface area contributed by atoms with Crippen molar-refractivity contribution in [3.05, 3.63) is 164 Å². The minimum atomic E-state index is 0.661. The second-order valence-electron chi connectivity index (χ2n) is 12.4. The van der Waals surface area contributed by atoms with E-state index in [1.54, 1.807) is 0 Å². The van der Waals surface area contributed by atoms with E-state index in [0.717, 1.165) is 27.5 Å². The van der Waals surface area contributed by atoms with Crippen molar-refractivity contribution in [1.82, 2.24) is 15.0 Å². The Morgan fingerprint density at radius 1 is 0.347 bits per heavy atom. The van der Waals surface area contributed by atoms with Crippen LogP contribution in [0, 0.1) is 0 Å². The van der Waals surface area contributed by atoms with Gasteiger partial charge in [-0.25, -0.2) is 15.0 Å². The van der Waals surface area contributed by atoms with Gasteiger partial charge in [0, 0.05) is 42.2 Å². The first-order valence-electron chi connectivity index (χ1n) is 16.4. The zero-order chi connectivity index (χ0) is 32.3. The predicted molar refractivity (Wildman–Crippen MR) is 207 cm³/mol. The Morgan fingerprint density at radius 2 is 0.980 bits per heavy atom. The van der Waals surface area contributed by atoms with E-state index in [-0.39, 0.29) is 0 Å². The Hall–Kier alpha value is -6.23. The topological polar surface area (TPSA) is 38.7 Å². The summed E-state index contributed by atoms with van der Waals surface area (Å²) in [6, 6.07) is 58.0. The number of rotatable bonds is 4. The van der Waals surface area contributed by atoms with Gasteiger partial charge >= 0.3 is 0 Å². The molecule has 0 N–H and O–H groups in total. The summed E-state index contributed by atoms with van der Waals surface area (Å²) in [6.07, 6.45) is 0. The Balaban J connectivity index is 1.19. The number of benzene rings is 8. The largest absolute Gasteiger partial charge is 0.208 e. The summed E-state index contributed by atoms with van der Waals surface area (Å²) in [5, 5.41) is 10.0. The Morgan fingerprint density at radius 3 is 1.76 bits per heavy atom. The number of thiophene rings is 1. The molecule has 4 heteroatoms. The first kappa shape index (κ1) is 27.8. The van der Waals surface area contributed by atoms with Crippen LogP contribution in [0.4, 0.5) is 0 Å². The molecule has 0 saturated carbocycles. The molecule has 0 aliphatic heterocycles. The van der Waals surface area contributed by atoms with Crippen molar-refractivity contribution in [2.45, 2.75) is 0 Å². The van der Waals surface area contributed by atoms with Crippen LogP contribution in [0.5, 0.6) is 0 Å². The highest BCUT2D eigenvalue weighted by atomic mass is 32.1. The van der Waals surface area contributed by atoms with Crippen molar-refractivity contribution in [3.63, 3.8) is 0 Å². The average molecular weight is 642 g/mol. The molecule has 0 atom stereocenters. The minimum absolute atomic E-state index is 0.661. The van der Waals surface area contributed by atoms with E-state index in [1.807, 2.05) is 72.0 Å². The van der Waals surface area contributed by atoms with Gasteiger partial charge in [0.25, 0.3) is 0 Å². The van der Waals surface area contributed by atoms with Gasteiger partial charge in [0.05, 0.1) is 0 Å². The lowest BCUT2D eigenvalue weighted by Crippen LogP contribution is -2.00. The lowest BCUT2D eigenvalue weighted by Gasteiger charge is -2.13. The number of nitrogens with zero attached hydrogens (tertiary/aromatic N) is 3. The van der Waals surface area contributed by atoms with Crippen molar-refractivity contribution < 1.29 is 0 Å². The molecule has 0 aliphatic rings. The van der Waals surface area contributed by atoms with Gasteiger partial charge in [0.2, 0.25) is 0 Å². The molecule has 0 saturated heterocycles. The van der Waals surface area contributed by atoms with Gasteiger partial charge in [-0.3, -0.25) is 0 Å². The van der Waals surface area contributed by atoms with Crippen LogP contribution >= 0.6 is 11.3 Å². The van der Waals surface area contributed by atoms with Gasteiger partial charge in [0.15, 0.2) is 17.5 Å². The van der Waals surface area contributed by atoms with E-state index in [1.165, 1.54) is 52.8 Å². The number of hydrogen-bond acceptors (Lipinski definition) is 4. The summed E-state index contributed by atoms with van der Waals surface area (Å²) in [5.74, 6) is 1.98. The maximum atomic E-state index is 5.04. The fraction of sp³-hybridized carbons (Fsp3) is 0. The first-order chi connectivity index (χ1) is 24.3. The quantitative estimate of drug-likeness (QED) is 0.180. The molecular formula is C45H27N3S. The molecule has 8 aromatic carbocycles. The lowest BCUT2D eigenvalue weighted by molar-refractivity contribution is 1.08. The zero-order valence-corrected chi connectivity index (χ0v) is 27.2. The van der Waals surface area contributed by atoms with E-state index < -0.39 is 0 Å². The van der Waals surface area contributed by atoms with Gasteiger partial charge in [-0.15, -0.1) is 11.3 Å². The molecule has 10 aromatic rings. The van der Waals surface area contributed by atoms with Crippen molar-refractivity contribution in [3.8, 4) is 45.3 Å². The van der Waals surface area contributed by atoms with Crippen molar-refractivity contribution in [1.29, 1.82) is 0 Å². The summed E-state index contributed by atoms with van der Waals surface area (Å²) in [7, 11) is 0. The summed E-state index contributed by atoms with van der Waals surface area (Å²) in [6.45, 7) is 0. The van der Waals surface area contributed by atoms with E-state index in [2.05, 4.69) is 103 Å². The SMILES string of the molecule is c1ccc(-c2nc(-c3ccccc3)nc(-c3cccc4cc(-c5cc6ccc7ccccc7c6c6sc7ccccc7c56)ccc34)n2)cc1. The molecule has 0 radical (unpaired) electrons. The summed E-state index contributed by atoms with van der Waals surface area (Å²) < 4.78 is 2.65. The molecule has 0 aliphatic carbocycles. The Labute approximate surface area is 286 Å². The molecule has 10 rings (SSSR count). The van der Waals surface area contributed by atoms with E-state index in [4.69, 9.17) is 15.0 Å². The van der Waals surface area contributed by atoms with Gasteiger partial charge in [-0.2, -0.15) is 0 Å². The molecule has 2 heterocycles. The summed E-state index contributed by atoms with van der Waals surface area (Å²) in [5.41, 5.74) is 5.35. The van der Waals surface area contributed by atoms with Crippen LogP contribution in [0.3, 0.4) is 0 Å². The standard InChI is InChI=1S/C45H27N3S/c1-3-13-29(14-4-1)43-46-44(30-15-5-2-6-16-30)48-45(47-43)36-20-11-17-31-26-32(24-25-34(31)36)38-27-33-23-22-28-12-7-8-18-35(28)40(33)42-41(38)37-19-9-10-21-39(37)49-42/h1-27H. The number of fused-ring (bicyclic) bond motifs is 8. The third kappa shape index (κ3) is 4.61. The normalized spacial score (nSPS) is 11.7. The molecule has 0 unspecified atom stereocenters. The van der Waals surface area contributed by atoms with Gasteiger partial charge in [0.1, 0.15) is 0 Å². The first-order valence-corrected chi connectivity index (χ1v) is 17.3. The molecular weight excluding hydrogens is 615 g/mol. The van der Waals surface area contributed by atoms with Crippen molar-refractivity contribution in [2.75, 3.05) is 0 Å². The highest BCUT2D eigenvalue weighted by Gasteiger charge is 2.18. The monoisotopic (exact) mass is 641 g/mol. The Kier molecular flexibility index (Phi) is 6.36. The molecule has 228 valence electrons. The third-order valence-electron chi connectivity index (χ3n) is 9.48. The molecule has 0 amide bonds. The highest BCUT2D eigenvalue weighted by Crippen LogP contribution is 2.46. The smallest absolute Gasteiger partial charge is 0.164 e. The van der Waals surface area contributed by atoms with Crippen LogP contribution in [-0.4, -0.2) is 15.0 Å². The summed E-state index contributed by atoms with van der Waals surface area (Å²) >= 11 is 1.89. The van der Waals surface area contributed by atoms with E-state index in [9.17, 15) is 0 Å². The Bertz CT molecular complexity index is 2820. The molecule has 49 heavy (non-hydrogen) atoms. The van der Waals surface area contributed by atoms with Gasteiger partial charge in [-0.05, 0) is 56.3 Å². The summed E-state index contributed by atoms with van der Waals surface area (Å²) in [4.78, 5) is 15.0. The van der Waals surface area contributed by atoms with Crippen LogP contribution in [0.2, 0.25) is 0 Å². The fourth-order valence-corrected chi connectivity index (χ4v) is 8.48. The second kappa shape index (κ2) is 11.2. The third-order valence-corrected chi connectivity index (χ3v) is 10.7. The lowest BCUT2D eigenvalue weighted by atomic mass is 9.91. The minimum Gasteiger partial charge on any atom is -0.208 e. The van der Waals surface area contributed by atoms with E-state index >= 15 is 0 Å². The average Bonchev–Trinajstić information content (AvgIpc) is 3.57. The van der Waals surface area contributed by atoms with Crippen molar-refractivity contribution >= 4 is 63.8 Å². The maximum absolute atomic E-state index is 5.04. The number of aromatic nitrogens is 3. The van der Waals surface area contributed by atoms with Crippen LogP contribution in [-0.2, 0) is 0 Å². The molecule has 3 nitrogen and oxygen atoms in total. The molecule has 0 spiro atoms. The fourth-order valence-electron chi connectivity index (χ4n) is 7.18. The van der Waals surface area contributed by atoms with Crippen LogP contribution in [0.15, 0.2) is 164 Å². The second-order valence-corrected chi connectivity index (χ2v) is 13.4. The zero-order valence-electron chi connectivity index (χ0n) is 26.3. The highest BCUT2D eigenvalue weighted by molar-refractivity contribution is 7.27. The van der Waals surface area contributed by atoms with Crippen LogP contribution < -0.4 is 0 Å². The van der Waals surface area contributed by atoms with Crippen LogP contribution in [0.25, 0.3) is 97.8 Å².